The van der Waals surface area contributed by atoms with Crippen LogP contribution in [0.4, 0.5) is 11.4 Å². The molecule has 0 saturated carbocycles. The number of benzene rings is 2. The number of halogens is 1. The van der Waals surface area contributed by atoms with E-state index in [1.807, 2.05) is 18.2 Å². The Labute approximate surface area is 173 Å². The molecule has 0 atom stereocenters. The minimum Gasteiger partial charge on any atom is -0.509 e. The summed E-state index contributed by atoms with van der Waals surface area (Å²) in [6.07, 6.45) is 3.75. The van der Waals surface area contributed by atoms with Crippen LogP contribution < -0.4 is 9.80 Å². The van der Waals surface area contributed by atoms with Crippen LogP contribution in [-0.4, -0.2) is 40.5 Å². The van der Waals surface area contributed by atoms with Crippen molar-refractivity contribution in [1.82, 2.24) is 9.97 Å². The number of amidine groups is 1. The van der Waals surface area contributed by atoms with Crippen LogP contribution in [0.5, 0.6) is 0 Å². The number of fused-ring (bicyclic) bond motifs is 1. The second-order valence-electron chi connectivity index (χ2n) is 7.57. The Kier molecular flexibility index (Phi) is 4.43. The van der Waals surface area contributed by atoms with Crippen molar-refractivity contribution in [2.75, 3.05) is 29.4 Å². The average Bonchev–Trinajstić information content (AvgIpc) is 3.27. The number of piperidine rings is 1. The first-order valence-corrected chi connectivity index (χ1v) is 10.3. The minimum atomic E-state index is 0.130. The fourth-order valence-corrected chi connectivity index (χ4v) is 4.34. The number of aliphatic hydroxyl groups excluding tert-OH is 1. The van der Waals surface area contributed by atoms with Gasteiger partial charge in [0.15, 0.2) is 0 Å². The Morgan fingerprint density at radius 3 is 2.66 bits per heavy atom. The summed E-state index contributed by atoms with van der Waals surface area (Å²) in [5.74, 6) is 0.855. The van der Waals surface area contributed by atoms with E-state index in [1.54, 1.807) is 17.0 Å². The van der Waals surface area contributed by atoms with Crippen molar-refractivity contribution < 1.29 is 5.11 Å². The quantitative estimate of drug-likeness (QED) is 0.572. The molecule has 0 amide bonds. The van der Waals surface area contributed by atoms with Crippen molar-refractivity contribution in [3.8, 4) is 0 Å². The molecular weight excluding hydrogens is 386 g/mol. The van der Waals surface area contributed by atoms with E-state index in [4.69, 9.17) is 17.0 Å². The van der Waals surface area contributed by atoms with Gasteiger partial charge in [0, 0.05) is 29.5 Å². The predicted molar refractivity (Wildman–Crippen MR) is 118 cm³/mol. The molecule has 1 saturated heterocycles. The number of aliphatic hydroxyl groups is 1. The number of hydrogen-bond acceptors (Lipinski definition) is 4. The van der Waals surface area contributed by atoms with E-state index in [2.05, 4.69) is 27.0 Å². The van der Waals surface area contributed by atoms with Gasteiger partial charge in [0.25, 0.3) is 0 Å². The van der Waals surface area contributed by atoms with Crippen molar-refractivity contribution in [2.24, 2.45) is 0 Å². The van der Waals surface area contributed by atoms with E-state index in [-0.39, 0.29) is 18.1 Å². The third kappa shape index (κ3) is 3.23. The Hall–Kier alpha value is -2.99. The highest BCUT2D eigenvalue weighted by molar-refractivity contribution is 6.32. The standard InChI is InChI=1S/C22H22ClN5O/c23-14-5-4-6-16(11-14)28-13-19(29)20(21(28)24)22-25-17-8-7-15(12-18(17)26-22)27-9-2-1-3-10-27/h4-8,11-12,24,29H,1-3,9-10,13H2,(H,25,26). The van der Waals surface area contributed by atoms with Gasteiger partial charge in [-0.3, -0.25) is 5.41 Å². The number of nitrogens with one attached hydrogen (secondary N) is 2. The molecule has 3 N–H and O–H groups in total. The molecule has 0 spiro atoms. The molecule has 1 fully saturated rings. The summed E-state index contributed by atoms with van der Waals surface area (Å²) in [7, 11) is 0. The van der Waals surface area contributed by atoms with Gasteiger partial charge in [0.05, 0.1) is 23.2 Å². The smallest absolute Gasteiger partial charge is 0.145 e. The lowest BCUT2D eigenvalue weighted by Crippen LogP contribution is -2.29. The fourth-order valence-electron chi connectivity index (χ4n) is 4.16. The zero-order chi connectivity index (χ0) is 20.0. The first-order valence-electron chi connectivity index (χ1n) is 9.89. The summed E-state index contributed by atoms with van der Waals surface area (Å²) in [6.45, 7) is 2.39. The topological polar surface area (TPSA) is 79.2 Å². The predicted octanol–water partition coefficient (Wildman–Crippen LogP) is 4.97. The maximum Gasteiger partial charge on any atom is 0.145 e. The summed E-state index contributed by atoms with van der Waals surface area (Å²) in [6, 6.07) is 13.5. The van der Waals surface area contributed by atoms with Gasteiger partial charge in [-0.05, 0) is 55.7 Å². The van der Waals surface area contributed by atoms with Gasteiger partial charge in [-0.1, -0.05) is 17.7 Å². The molecule has 3 heterocycles. The average molecular weight is 408 g/mol. The van der Waals surface area contributed by atoms with Crippen molar-refractivity contribution in [3.63, 3.8) is 0 Å². The van der Waals surface area contributed by atoms with Crippen LogP contribution >= 0.6 is 11.6 Å². The first kappa shape index (κ1) is 18.1. The normalized spacial score (nSPS) is 17.6. The number of imidazole rings is 1. The zero-order valence-corrected chi connectivity index (χ0v) is 16.7. The van der Waals surface area contributed by atoms with E-state index in [9.17, 15) is 5.11 Å². The lowest BCUT2D eigenvalue weighted by molar-refractivity contribution is 0.411. The molecule has 2 aliphatic heterocycles. The molecule has 148 valence electrons. The van der Waals surface area contributed by atoms with Crippen molar-refractivity contribution in [1.29, 1.82) is 5.41 Å². The zero-order valence-electron chi connectivity index (χ0n) is 16.0. The van der Waals surface area contributed by atoms with Gasteiger partial charge >= 0.3 is 0 Å². The van der Waals surface area contributed by atoms with Crippen molar-refractivity contribution >= 4 is 45.4 Å². The van der Waals surface area contributed by atoms with E-state index < -0.39 is 0 Å². The number of H-pyrrole nitrogens is 1. The van der Waals surface area contributed by atoms with E-state index in [0.717, 1.165) is 29.8 Å². The molecule has 1 aromatic heterocycles. The van der Waals surface area contributed by atoms with Crippen molar-refractivity contribution in [2.45, 2.75) is 19.3 Å². The second kappa shape index (κ2) is 7.12. The van der Waals surface area contributed by atoms with E-state index in [1.165, 1.54) is 24.9 Å². The van der Waals surface area contributed by atoms with Crippen LogP contribution in [0.3, 0.4) is 0 Å². The summed E-state index contributed by atoms with van der Waals surface area (Å²) in [5.41, 5.74) is 4.13. The number of nitrogens with zero attached hydrogens (tertiary/aromatic N) is 3. The summed E-state index contributed by atoms with van der Waals surface area (Å²) in [5, 5.41) is 19.8. The molecular formula is C22H22ClN5O. The molecule has 6 nitrogen and oxygen atoms in total. The third-order valence-electron chi connectivity index (χ3n) is 5.65. The monoisotopic (exact) mass is 407 g/mol. The molecule has 3 aromatic rings. The van der Waals surface area contributed by atoms with Crippen LogP contribution in [0.2, 0.25) is 5.02 Å². The molecule has 0 unspecified atom stereocenters. The molecule has 5 rings (SSSR count). The van der Waals surface area contributed by atoms with Gasteiger partial charge in [-0.25, -0.2) is 4.98 Å². The van der Waals surface area contributed by atoms with Gasteiger partial charge in [0.1, 0.15) is 17.4 Å². The maximum atomic E-state index is 10.6. The van der Waals surface area contributed by atoms with Crippen LogP contribution in [-0.2, 0) is 0 Å². The third-order valence-corrected chi connectivity index (χ3v) is 5.88. The minimum absolute atomic E-state index is 0.130. The van der Waals surface area contributed by atoms with Gasteiger partial charge < -0.3 is 19.9 Å². The largest absolute Gasteiger partial charge is 0.509 e. The SMILES string of the molecule is N=C1C(c2nc3ccc(N4CCCCC4)cc3[nH]2)=C(O)CN1c1cccc(Cl)c1. The molecule has 29 heavy (non-hydrogen) atoms. The Balaban J connectivity index is 1.46. The summed E-state index contributed by atoms with van der Waals surface area (Å²) in [4.78, 5) is 12.1. The number of aromatic amines is 1. The molecule has 0 aliphatic carbocycles. The molecule has 0 bridgehead atoms. The molecule has 2 aromatic carbocycles. The van der Waals surface area contributed by atoms with Gasteiger partial charge in [0.2, 0.25) is 0 Å². The first-order chi connectivity index (χ1) is 14.1. The van der Waals surface area contributed by atoms with Gasteiger partial charge in [-0.15, -0.1) is 0 Å². The van der Waals surface area contributed by atoms with E-state index in [0.29, 0.717) is 16.4 Å². The number of hydrogen-bond donors (Lipinski definition) is 3. The van der Waals surface area contributed by atoms with Crippen molar-refractivity contribution in [3.05, 3.63) is 59.1 Å². The highest BCUT2D eigenvalue weighted by atomic mass is 35.5. The fraction of sp³-hybridized carbons (Fsp3) is 0.273. The van der Waals surface area contributed by atoms with E-state index >= 15 is 0 Å². The molecule has 0 radical (unpaired) electrons. The molecule has 7 heteroatoms. The van der Waals surface area contributed by atoms with Crippen LogP contribution in [0.1, 0.15) is 25.1 Å². The van der Waals surface area contributed by atoms with Gasteiger partial charge in [-0.2, -0.15) is 0 Å². The highest BCUT2D eigenvalue weighted by Crippen LogP contribution is 2.32. The van der Waals surface area contributed by atoms with Crippen LogP contribution in [0.15, 0.2) is 48.2 Å². The Morgan fingerprint density at radius 2 is 1.86 bits per heavy atom. The maximum absolute atomic E-state index is 10.6. The lowest BCUT2D eigenvalue weighted by Gasteiger charge is -2.28. The van der Waals surface area contributed by atoms with Crippen LogP contribution in [0.25, 0.3) is 16.6 Å². The van der Waals surface area contributed by atoms with Crippen LogP contribution in [0, 0.1) is 5.41 Å². The number of aromatic nitrogens is 2. The highest BCUT2D eigenvalue weighted by Gasteiger charge is 2.31. The summed E-state index contributed by atoms with van der Waals surface area (Å²) >= 11 is 6.10. The second-order valence-corrected chi connectivity index (χ2v) is 8.01. The number of rotatable bonds is 3. The molecule has 2 aliphatic rings. The Bertz CT molecular complexity index is 1130. The lowest BCUT2D eigenvalue weighted by atomic mass is 10.1. The number of anilines is 2. The summed E-state index contributed by atoms with van der Waals surface area (Å²) < 4.78 is 0. The Morgan fingerprint density at radius 1 is 1.03 bits per heavy atom.